The molecule has 0 fully saturated rings. The van der Waals surface area contributed by atoms with E-state index in [0.29, 0.717) is 10.9 Å². The van der Waals surface area contributed by atoms with Crippen LogP contribution >= 0.6 is 11.8 Å². The summed E-state index contributed by atoms with van der Waals surface area (Å²) < 4.78 is 0. The average molecular weight is 235 g/mol. The number of thioether (sulfide) groups is 1. The molecular formula is C12H17N3S. The van der Waals surface area contributed by atoms with E-state index in [1.807, 2.05) is 30.0 Å². The van der Waals surface area contributed by atoms with Gasteiger partial charge < -0.3 is 5.32 Å². The van der Waals surface area contributed by atoms with Gasteiger partial charge in [-0.15, -0.1) is 0 Å². The van der Waals surface area contributed by atoms with Crippen molar-refractivity contribution in [2.24, 2.45) is 0 Å². The van der Waals surface area contributed by atoms with Gasteiger partial charge in [0.15, 0.2) is 0 Å². The number of nitrogens with zero attached hydrogens (tertiary/aromatic N) is 2. The maximum absolute atomic E-state index is 8.70. The lowest BCUT2D eigenvalue weighted by atomic mass is 10.2. The molecule has 1 unspecified atom stereocenters. The number of rotatable bonds is 6. The Morgan fingerprint density at radius 3 is 3.12 bits per heavy atom. The lowest BCUT2D eigenvalue weighted by Gasteiger charge is -2.09. The van der Waals surface area contributed by atoms with E-state index in [1.54, 1.807) is 6.20 Å². The van der Waals surface area contributed by atoms with Gasteiger partial charge in [-0.3, -0.25) is 0 Å². The Morgan fingerprint density at radius 2 is 2.44 bits per heavy atom. The largest absolute Gasteiger partial charge is 0.313 e. The quantitative estimate of drug-likeness (QED) is 0.768. The number of hydrogen-bond donors (Lipinski definition) is 1. The van der Waals surface area contributed by atoms with Gasteiger partial charge in [0, 0.05) is 18.0 Å². The Balaban J connectivity index is 2.29. The van der Waals surface area contributed by atoms with Crippen molar-refractivity contribution in [3.8, 4) is 6.07 Å². The SMILES string of the molecule is CSC(C)CCNCc1ccnc(C#N)c1. The fourth-order valence-corrected chi connectivity index (χ4v) is 1.65. The van der Waals surface area contributed by atoms with E-state index < -0.39 is 0 Å². The van der Waals surface area contributed by atoms with Crippen LogP contribution in [0.15, 0.2) is 18.3 Å². The van der Waals surface area contributed by atoms with Crippen LogP contribution in [0.25, 0.3) is 0 Å². The van der Waals surface area contributed by atoms with Crippen LogP contribution < -0.4 is 5.32 Å². The molecule has 0 saturated carbocycles. The topological polar surface area (TPSA) is 48.7 Å². The Morgan fingerprint density at radius 1 is 1.62 bits per heavy atom. The first-order valence-corrected chi connectivity index (χ1v) is 6.63. The molecule has 0 saturated heterocycles. The van der Waals surface area contributed by atoms with Crippen molar-refractivity contribution >= 4 is 11.8 Å². The van der Waals surface area contributed by atoms with Gasteiger partial charge in [-0.25, -0.2) is 4.98 Å². The highest BCUT2D eigenvalue weighted by molar-refractivity contribution is 7.99. The summed E-state index contributed by atoms with van der Waals surface area (Å²) in [6.07, 6.45) is 4.98. The van der Waals surface area contributed by atoms with E-state index in [0.717, 1.165) is 25.1 Å². The summed E-state index contributed by atoms with van der Waals surface area (Å²) in [7, 11) is 0. The predicted molar refractivity (Wildman–Crippen MR) is 68.3 cm³/mol. The fourth-order valence-electron chi connectivity index (χ4n) is 1.30. The molecule has 1 atom stereocenters. The van der Waals surface area contributed by atoms with Crippen LogP contribution in [0.3, 0.4) is 0 Å². The standard InChI is InChI=1S/C12H17N3S/c1-10(16-2)3-5-14-9-11-4-6-15-12(7-11)8-13/h4,6-7,10,14H,3,5,9H2,1-2H3. The number of nitrogens with one attached hydrogen (secondary N) is 1. The van der Waals surface area contributed by atoms with Gasteiger partial charge in [0.25, 0.3) is 0 Å². The highest BCUT2D eigenvalue weighted by atomic mass is 32.2. The van der Waals surface area contributed by atoms with Gasteiger partial charge in [-0.2, -0.15) is 17.0 Å². The molecule has 1 N–H and O–H groups in total. The summed E-state index contributed by atoms with van der Waals surface area (Å²) in [5, 5.41) is 12.8. The zero-order valence-corrected chi connectivity index (χ0v) is 10.5. The zero-order chi connectivity index (χ0) is 11.8. The van der Waals surface area contributed by atoms with Crippen molar-refractivity contribution in [2.75, 3.05) is 12.8 Å². The molecule has 0 aliphatic heterocycles. The molecular weight excluding hydrogens is 218 g/mol. The second kappa shape index (κ2) is 7.26. The molecule has 0 radical (unpaired) electrons. The highest BCUT2D eigenvalue weighted by Crippen LogP contribution is 2.08. The monoisotopic (exact) mass is 235 g/mol. The van der Waals surface area contributed by atoms with Crippen molar-refractivity contribution in [3.63, 3.8) is 0 Å². The van der Waals surface area contributed by atoms with Crippen LogP contribution in [0.4, 0.5) is 0 Å². The minimum absolute atomic E-state index is 0.483. The Hall–Kier alpha value is -1.05. The Labute approximate surface area is 101 Å². The Bertz CT molecular complexity index is 360. The minimum Gasteiger partial charge on any atom is -0.313 e. The molecule has 86 valence electrons. The molecule has 0 aromatic carbocycles. The molecule has 0 spiro atoms. The van der Waals surface area contributed by atoms with E-state index in [4.69, 9.17) is 5.26 Å². The van der Waals surface area contributed by atoms with Crippen molar-refractivity contribution in [2.45, 2.75) is 25.1 Å². The van der Waals surface area contributed by atoms with Gasteiger partial charge in [-0.1, -0.05) is 6.92 Å². The van der Waals surface area contributed by atoms with Crippen LogP contribution in [0.2, 0.25) is 0 Å². The fraction of sp³-hybridized carbons (Fsp3) is 0.500. The van der Waals surface area contributed by atoms with Crippen LogP contribution in [0.5, 0.6) is 0 Å². The van der Waals surface area contributed by atoms with Crippen LogP contribution in [-0.2, 0) is 6.54 Å². The molecule has 16 heavy (non-hydrogen) atoms. The molecule has 4 heteroatoms. The van der Waals surface area contributed by atoms with Crippen LogP contribution in [0.1, 0.15) is 24.6 Å². The first-order chi connectivity index (χ1) is 7.76. The van der Waals surface area contributed by atoms with E-state index in [1.165, 1.54) is 0 Å². The van der Waals surface area contributed by atoms with E-state index in [-0.39, 0.29) is 0 Å². The molecule has 0 amide bonds. The molecule has 1 aromatic heterocycles. The summed E-state index contributed by atoms with van der Waals surface area (Å²) in [4.78, 5) is 3.94. The minimum atomic E-state index is 0.483. The van der Waals surface area contributed by atoms with Crippen molar-refractivity contribution < 1.29 is 0 Å². The van der Waals surface area contributed by atoms with Crippen LogP contribution in [0, 0.1) is 11.3 Å². The normalized spacial score (nSPS) is 12.1. The van der Waals surface area contributed by atoms with E-state index in [2.05, 4.69) is 23.5 Å². The number of hydrogen-bond acceptors (Lipinski definition) is 4. The predicted octanol–water partition coefficient (Wildman–Crippen LogP) is 2.18. The summed E-state index contributed by atoms with van der Waals surface area (Å²) in [5.41, 5.74) is 1.60. The molecule has 0 bridgehead atoms. The van der Waals surface area contributed by atoms with Gasteiger partial charge in [-0.05, 0) is 36.9 Å². The van der Waals surface area contributed by atoms with E-state index >= 15 is 0 Å². The summed E-state index contributed by atoms with van der Waals surface area (Å²) in [5.74, 6) is 0. The maximum Gasteiger partial charge on any atom is 0.140 e. The molecule has 0 aliphatic rings. The lowest BCUT2D eigenvalue weighted by molar-refractivity contribution is 0.647. The number of pyridine rings is 1. The summed E-state index contributed by atoms with van der Waals surface area (Å²) in [6.45, 7) is 4.04. The summed E-state index contributed by atoms with van der Waals surface area (Å²) in [6, 6.07) is 5.80. The van der Waals surface area contributed by atoms with Crippen molar-refractivity contribution in [1.82, 2.24) is 10.3 Å². The highest BCUT2D eigenvalue weighted by Gasteiger charge is 1.99. The lowest BCUT2D eigenvalue weighted by Crippen LogP contribution is -2.17. The third kappa shape index (κ3) is 4.65. The molecule has 1 rings (SSSR count). The smallest absolute Gasteiger partial charge is 0.140 e. The van der Waals surface area contributed by atoms with Crippen molar-refractivity contribution in [1.29, 1.82) is 5.26 Å². The average Bonchev–Trinajstić information content (AvgIpc) is 2.34. The maximum atomic E-state index is 8.70. The van der Waals surface area contributed by atoms with Crippen molar-refractivity contribution in [3.05, 3.63) is 29.6 Å². The number of aromatic nitrogens is 1. The van der Waals surface area contributed by atoms with Crippen LogP contribution in [-0.4, -0.2) is 23.0 Å². The summed E-state index contributed by atoms with van der Waals surface area (Å²) >= 11 is 1.88. The first kappa shape index (κ1) is 13.0. The van der Waals surface area contributed by atoms with Gasteiger partial charge >= 0.3 is 0 Å². The third-order valence-electron chi connectivity index (χ3n) is 2.40. The third-order valence-corrected chi connectivity index (χ3v) is 3.44. The number of nitriles is 1. The zero-order valence-electron chi connectivity index (χ0n) is 9.73. The Kier molecular flexibility index (Phi) is 5.91. The van der Waals surface area contributed by atoms with E-state index in [9.17, 15) is 0 Å². The second-order valence-corrected chi connectivity index (χ2v) is 4.95. The van der Waals surface area contributed by atoms with Gasteiger partial charge in [0.05, 0.1) is 0 Å². The molecule has 0 aliphatic carbocycles. The first-order valence-electron chi connectivity index (χ1n) is 5.34. The molecule has 1 aromatic rings. The van der Waals surface area contributed by atoms with Gasteiger partial charge in [0.1, 0.15) is 11.8 Å². The molecule has 3 nitrogen and oxygen atoms in total. The van der Waals surface area contributed by atoms with Gasteiger partial charge in [0.2, 0.25) is 0 Å². The second-order valence-electron chi connectivity index (χ2n) is 3.67. The molecule has 1 heterocycles.